The van der Waals surface area contributed by atoms with Crippen molar-refractivity contribution in [2.45, 2.75) is 13.8 Å². The Bertz CT molecular complexity index is 98.9. The summed E-state index contributed by atoms with van der Waals surface area (Å²) in [6.45, 7) is 7.61. The lowest BCUT2D eigenvalue weighted by atomic mass is 10.2. The number of hydrogen-bond acceptors (Lipinski definition) is 4. The Balaban J connectivity index is 2.84. The summed E-state index contributed by atoms with van der Waals surface area (Å²) in [6.07, 6.45) is 0. The first kappa shape index (κ1) is 12.8. The predicted octanol–water partition coefficient (Wildman–Crippen LogP) is 0.827. The Morgan fingerprint density at radius 3 is 2.54 bits per heavy atom. The molecule has 1 N–H and O–H groups in total. The summed E-state index contributed by atoms with van der Waals surface area (Å²) in [5.74, 6) is 0.557. The molecule has 4 heteroatoms. The molecule has 0 bridgehead atoms. The highest BCUT2D eigenvalue weighted by Gasteiger charge is 1.92. The van der Waals surface area contributed by atoms with E-state index >= 15 is 0 Å². The van der Waals surface area contributed by atoms with Crippen LogP contribution in [0.25, 0.3) is 0 Å². The third-order valence-electron chi connectivity index (χ3n) is 1.30. The lowest BCUT2D eigenvalue weighted by molar-refractivity contribution is 0.00103. The van der Waals surface area contributed by atoms with E-state index in [9.17, 15) is 0 Å². The maximum atomic E-state index is 5.21. The van der Waals surface area contributed by atoms with E-state index in [0.29, 0.717) is 25.7 Å². The first-order chi connectivity index (χ1) is 6.27. The first-order valence-corrected chi connectivity index (χ1v) is 4.68. The molecule has 0 spiro atoms. The Hall–Kier alpha value is -0.160. The third kappa shape index (κ3) is 11.8. The van der Waals surface area contributed by atoms with Crippen LogP contribution in [0.4, 0.5) is 0 Å². The molecule has 0 fully saturated rings. The Morgan fingerprint density at radius 1 is 1.15 bits per heavy atom. The largest absolute Gasteiger partial charge is 0.382 e. The lowest BCUT2D eigenvalue weighted by Crippen LogP contribution is -2.22. The standard InChI is InChI=1S/C9H21NO3/c1-9(2)8-13-10-4-5-12-7-6-11-3/h9-10H,4-8H2,1-3H3. The van der Waals surface area contributed by atoms with Crippen LogP contribution in [0.15, 0.2) is 0 Å². The molecule has 0 aliphatic carbocycles. The Labute approximate surface area is 80.5 Å². The van der Waals surface area contributed by atoms with Crippen molar-refractivity contribution in [3.8, 4) is 0 Å². The van der Waals surface area contributed by atoms with E-state index in [1.807, 2.05) is 0 Å². The minimum atomic E-state index is 0.557. The molecule has 0 heterocycles. The SMILES string of the molecule is COCCOCCNOCC(C)C. The van der Waals surface area contributed by atoms with Crippen LogP contribution in [-0.4, -0.2) is 40.1 Å². The van der Waals surface area contributed by atoms with Gasteiger partial charge in [-0.2, -0.15) is 0 Å². The summed E-state index contributed by atoms with van der Waals surface area (Å²) in [6, 6.07) is 0. The summed E-state index contributed by atoms with van der Waals surface area (Å²) >= 11 is 0. The molecule has 4 nitrogen and oxygen atoms in total. The van der Waals surface area contributed by atoms with Crippen molar-refractivity contribution in [1.82, 2.24) is 5.48 Å². The molecule has 0 radical (unpaired) electrons. The molecule has 0 aromatic rings. The summed E-state index contributed by atoms with van der Waals surface area (Å²) in [5.41, 5.74) is 2.83. The lowest BCUT2D eigenvalue weighted by Gasteiger charge is -2.07. The van der Waals surface area contributed by atoms with Crippen molar-refractivity contribution in [2.24, 2.45) is 5.92 Å². The highest BCUT2D eigenvalue weighted by molar-refractivity contribution is 4.38. The fraction of sp³-hybridized carbons (Fsp3) is 1.00. The second kappa shape index (κ2) is 9.92. The van der Waals surface area contributed by atoms with Gasteiger partial charge in [0.1, 0.15) is 0 Å². The van der Waals surface area contributed by atoms with Crippen LogP contribution in [0.2, 0.25) is 0 Å². The van der Waals surface area contributed by atoms with E-state index < -0.39 is 0 Å². The second-order valence-electron chi connectivity index (χ2n) is 3.20. The number of methoxy groups -OCH3 is 1. The molecular formula is C9H21NO3. The molecule has 0 aromatic carbocycles. The second-order valence-corrected chi connectivity index (χ2v) is 3.20. The molecule has 13 heavy (non-hydrogen) atoms. The van der Waals surface area contributed by atoms with Gasteiger partial charge in [0.2, 0.25) is 0 Å². The van der Waals surface area contributed by atoms with Crippen molar-refractivity contribution in [1.29, 1.82) is 0 Å². The Morgan fingerprint density at radius 2 is 1.92 bits per heavy atom. The smallest absolute Gasteiger partial charge is 0.0705 e. The monoisotopic (exact) mass is 191 g/mol. The number of nitrogens with one attached hydrogen (secondary N) is 1. The van der Waals surface area contributed by atoms with Crippen LogP contribution in [0.5, 0.6) is 0 Å². The van der Waals surface area contributed by atoms with E-state index in [2.05, 4.69) is 19.3 Å². The fourth-order valence-electron chi connectivity index (χ4n) is 0.656. The molecule has 0 unspecified atom stereocenters. The Kier molecular flexibility index (Phi) is 9.80. The first-order valence-electron chi connectivity index (χ1n) is 4.68. The average Bonchev–Trinajstić information content (AvgIpc) is 2.09. The van der Waals surface area contributed by atoms with Gasteiger partial charge in [0.25, 0.3) is 0 Å². The average molecular weight is 191 g/mol. The highest BCUT2D eigenvalue weighted by atomic mass is 16.6. The highest BCUT2D eigenvalue weighted by Crippen LogP contribution is 1.89. The van der Waals surface area contributed by atoms with E-state index in [0.717, 1.165) is 13.2 Å². The van der Waals surface area contributed by atoms with Crippen molar-refractivity contribution in [2.75, 3.05) is 40.1 Å². The zero-order chi connectivity index (χ0) is 9.94. The van der Waals surface area contributed by atoms with Crippen molar-refractivity contribution in [3.63, 3.8) is 0 Å². The molecule has 0 aromatic heterocycles. The zero-order valence-corrected chi connectivity index (χ0v) is 8.84. The van der Waals surface area contributed by atoms with Gasteiger partial charge in [-0.25, -0.2) is 5.48 Å². The van der Waals surface area contributed by atoms with E-state index in [1.54, 1.807) is 7.11 Å². The van der Waals surface area contributed by atoms with Crippen molar-refractivity contribution in [3.05, 3.63) is 0 Å². The van der Waals surface area contributed by atoms with E-state index in [4.69, 9.17) is 14.3 Å². The molecular weight excluding hydrogens is 170 g/mol. The molecule has 80 valence electrons. The van der Waals surface area contributed by atoms with Gasteiger partial charge in [0.15, 0.2) is 0 Å². The summed E-state index contributed by atoms with van der Waals surface area (Å²) in [7, 11) is 1.66. The van der Waals surface area contributed by atoms with Crippen LogP contribution in [0, 0.1) is 5.92 Å². The topological polar surface area (TPSA) is 39.7 Å². The summed E-state index contributed by atoms with van der Waals surface area (Å²) < 4.78 is 10.0. The molecule has 0 saturated carbocycles. The van der Waals surface area contributed by atoms with Crippen LogP contribution in [-0.2, 0) is 14.3 Å². The third-order valence-corrected chi connectivity index (χ3v) is 1.30. The minimum absolute atomic E-state index is 0.557. The van der Waals surface area contributed by atoms with Gasteiger partial charge in [-0.15, -0.1) is 0 Å². The molecule has 0 saturated heterocycles. The quantitative estimate of drug-likeness (QED) is 0.433. The summed E-state index contributed by atoms with van der Waals surface area (Å²) in [4.78, 5) is 5.14. The zero-order valence-electron chi connectivity index (χ0n) is 8.84. The molecule has 0 atom stereocenters. The number of hydrogen-bond donors (Lipinski definition) is 1. The molecule has 0 amide bonds. The minimum Gasteiger partial charge on any atom is -0.382 e. The van der Waals surface area contributed by atoms with Gasteiger partial charge >= 0.3 is 0 Å². The van der Waals surface area contributed by atoms with Gasteiger partial charge in [0, 0.05) is 13.7 Å². The van der Waals surface area contributed by atoms with Gasteiger partial charge < -0.3 is 14.3 Å². The van der Waals surface area contributed by atoms with Crippen LogP contribution < -0.4 is 5.48 Å². The number of ether oxygens (including phenoxy) is 2. The van der Waals surface area contributed by atoms with Gasteiger partial charge in [0.05, 0.1) is 26.4 Å². The van der Waals surface area contributed by atoms with Crippen LogP contribution in [0.1, 0.15) is 13.8 Å². The maximum Gasteiger partial charge on any atom is 0.0705 e. The van der Waals surface area contributed by atoms with Gasteiger partial charge in [-0.1, -0.05) is 13.8 Å². The fourth-order valence-corrected chi connectivity index (χ4v) is 0.656. The van der Waals surface area contributed by atoms with Gasteiger partial charge in [-0.05, 0) is 5.92 Å². The van der Waals surface area contributed by atoms with E-state index in [-0.39, 0.29) is 0 Å². The van der Waals surface area contributed by atoms with Crippen molar-refractivity contribution >= 4 is 0 Å². The number of rotatable bonds is 9. The molecule has 0 aliphatic rings. The predicted molar refractivity (Wildman–Crippen MR) is 51.5 cm³/mol. The van der Waals surface area contributed by atoms with Gasteiger partial charge in [-0.3, -0.25) is 0 Å². The van der Waals surface area contributed by atoms with Crippen molar-refractivity contribution < 1.29 is 14.3 Å². The maximum absolute atomic E-state index is 5.21. The van der Waals surface area contributed by atoms with Crippen LogP contribution >= 0.6 is 0 Å². The normalized spacial score (nSPS) is 11.1. The molecule has 0 aliphatic heterocycles. The summed E-state index contributed by atoms with van der Waals surface area (Å²) in [5, 5.41) is 0. The van der Waals surface area contributed by atoms with Crippen LogP contribution in [0.3, 0.4) is 0 Å². The molecule has 0 rings (SSSR count). The van der Waals surface area contributed by atoms with E-state index in [1.165, 1.54) is 0 Å². The number of hydroxylamine groups is 1.